The third-order valence-corrected chi connectivity index (χ3v) is 3.02. The summed E-state index contributed by atoms with van der Waals surface area (Å²) in [5, 5.41) is 12.4. The summed E-state index contributed by atoms with van der Waals surface area (Å²) < 4.78 is 23.2. The zero-order valence-corrected chi connectivity index (χ0v) is 9.10. The van der Waals surface area contributed by atoms with Crippen molar-refractivity contribution in [3.63, 3.8) is 0 Å². The van der Waals surface area contributed by atoms with Gasteiger partial charge in [0.2, 0.25) is 10.0 Å². The van der Waals surface area contributed by atoms with Crippen LogP contribution < -0.4 is 10.7 Å². The molecule has 16 heavy (non-hydrogen) atoms. The standard InChI is InChI=1S/C8H8N4O3S/c1-12-8(13)6-4-5(16(9,14)15)2-3-7(6)10-11-12/h2-4H,1H3,(H2,9,14,15). The molecule has 0 saturated heterocycles. The van der Waals surface area contributed by atoms with Crippen LogP contribution in [0.5, 0.6) is 0 Å². The van der Waals surface area contributed by atoms with Crippen LogP contribution in [0.3, 0.4) is 0 Å². The fourth-order valence-corrected chi connectivity index (χ4v) is 1.82. The SMILES string of the molecule is Cn1nnc2ccc(S(N)(=O)=O)cc2c1=O. The van der Waals surface area contributed by atoms with E-state index >= 15 is 0 Å². The van der Waals surface area contributed by atoms with Crippen molar-refractivity contribution in [2.75, 3.05) is 0 Å². The molecule has 0 radical (unpaired) electrons. The second-order valence-electron chi connectivity index (χ2n) is 3.24. The van der Waals surface area contributed by atoms with Gasteiger partial charge in [0.15, 0.2) is 0 Å². The Morgan fingerprint density at radius 1 is 1.38 bits per heavy atom. The smallest absolute Gasteiger partial charge is 0.267 e. The van der Waals surface area contributed by atoms with Gasteiger partial charge in [-0.05, 0) is 18.2 Å². The molecule has 2 aromatic rings. The van der Waals surface area contributed by atoms with E-state index in [-0.39, 0.29) is 10.3 Å². The predicted molar refractivity (Wildman–Crippen MR) is 56.2 cm³/mol. The number of benzene rings is 1. The van der Waals surface area contributed by atoms with Crippen LogP contribution in [0.15, 0.2) is 27.9 Å². The molecule has 0 aliphatic heterocycles. The van der Waals surface area contributed by atoms with E-state index in [0.717, 1.165) is 4.68 Å². The maximum absolute atomic E-state index is 11.6. The van der Waals surface area contributed by atoms with Crippen LogP contribution in [0.2, 0.25) is 0 Å². The number of nitrogens with zero attached hydrogens (tertiary/aromatic N) is 3. The molecule has 0 bridgehead atoms. The topological polar surface area (TPSA) is 108 Å². The van der Waals surface area contributed by atoms with Crippen LogP contribution in [0, 0.1) is 0 Å². The fourth-order valence-electron chi connectivity index (χ4n) is 1.28. The van der Waals surface area contributed by atoms with Gasteiger partial charge in [-0.15, -0.1) is 5.10 Å². The molecular formula is C8H8N4O3S. The molecule has 0 amide bonds. The van der Waals surface area contributed by atoms with Crippen LogP contribution in [-0.2, 0) is 17.1 Å². The third kappa shape index (κ3) is 1.68. The van der Waals surface area contributed by atoms with Crippen molar-refractivity contribution in [1.82, 2.24) is 15.0 Å². The Morgan fingerprint density at radius 3 is 2.69 bits per heavy atom. The van der Waals surface area contributed by atoms with E-state index in [0.29, 0.717) is 5.52 Å². The highest BCUT2D eigenvalue weighted by atomic mass is 32.2. The first kappa shape index (κ1) is 10.7. The summed E-state index contributed by atoms with van der Waals surface area (Å²) in [6, 6.07) is 3.87. The van der Waals surface area contributed by atoms with Gasteiger partial charge < -0.3 is 0 Å². The monoisotopic (exact) mass is 240 g/mol. The second-order valence-corrected chi connectivity index (χ2v) is 4.80. The van der Waals surface area contributed by atoms with Crippen molar-refractivity contribution in [1.29, 1.82) is 0 Å². The Morgan fingerprint density at radius 2 is 2.06 bits per heavy atom. The Hall–Kier alpha value is -1.80. The largest absolute Gasteiger partial charge is 0.277 e. The van der Waals surface area contributed by atoms with Crippen LogP contribution in [0.1, 0.15) is 0 Å². The number of sulfonamides is 1. The van der Waals surface area contributed by atoms with Gasteiger partial charge in [0.25, 0.3) is 5.56 Å². The molecule has 2 N–H and O–H groups in total. The van der Waals surface area contributed by atoms with Crippen LogP contribution in [0.25, 0.3) is 10.9 Å². The average Bonchev–Trinajstić information content (AvgIpc) is 2.22. The highest BCUT2D eigenvalue weighted by molar-refractivity contribution is 7.89. The molecule has 0 aliphatic rings. The minimum absolute atomic E-state index is 0.120. The van der Waals surface area contributed by atoms with Gasteiger partial charge >= 0.3 is 0 Å². The number of hydrogen-bond acceptors (Lipinski definition) is 5. The van der Waals surface area contributed by atoms with Crippen LogP contribution >= 0.6 is 0 Å². The van der Waals surface area contributed by atoms with Crippen molar-refractivity contribution < 1.29 is 8.42 Å². The van der Waals surface area contributed by atoms with Gasteiger partial charge in [0.05, 0.1) is 10.3 Å². The molecule has 0 fully saturated rings. The number of primary sulfonamides is 1. The van der Waals surface area contributed by atoms with E-state index in [1.165, 1.54) is 25.2 Å². The zero-order chi connectivity index (χ0) is 11.9. The second kappa shape index (κ2) is 3.35. The molecule has 84 valence electrons. The lowest BCUT2D eigenvalue weighted by Gasteiger charge is -2.01. The quantitative estimate of drug-likeness (QED) is 0.686. The summed E-state index contributed by atoms with van der Waals surface area (Å²) in [6.07, 6.45) is 0. The lowest BCUT2D eigenvalue weighted by atomic mass is 10.2. The van der Waals surface area contributed by atoms with E-state index < -0.39 is 15.6 Å². The van der Waals surface area contributed by atoms with Crippen LogP contribution in [-0.4, -0.2) is 23.4 Å². The zero-order valence-electron chi connectivity index (χ0n) is 8.28. The Labute approximate surface area is 90.5 Å². The average molecular weight is 240 g/mol. The maximum atomic E-state index is 11.6. The molecule has 0 unspecified atom stereocenters. The summed E-state index contributed by atoms with van der Waals surface area (Å²) in [4.78, 5) is 11.5. The summed E-state index contributed by atoms with van der Waals surface area (Å²) in [5.74, 6) is 0. The number of aryl methyl sites for hydroxylation is 1. The molecule has 7 nitrogen and oxygen atoms in total. The minimum Gasteiger partial charge on any atom is -0.267 e. The van der Waals surface area contributed by atoms with E-state index in [9.17, 15) is 13.2 Å². The first-order valence-corrected chi connectivity index (χ1v) is 5.81. The summed E-state index contributed by atoms with van der Waals surface area (Å²) in [5.41, 5.74) is -0.0917. The number of rotatable bonds is 1. The van der Waals surface area contributed by atoms with Gasteiger partial charge in [-0.25, -0.2) is 18.2 Å². The Kier molecular flexibility index (Phi) is 2.25. The van der Waals surface area contributed by atoms with Crippen molar-refractivity contribution in [3.8, 4) is 0 Å². The molecule has 1 aromatic carbocycles. The van der Waals surface area contributed by atoms with E-state index in [1.807, 2.05) is 0 Å². The van der Waals surface area contributed by atoms with E-state index in [1.54, 1.807) is 0 Å². The third-order valence-electron chi connectivity index (χ3n) is 2.11. The van der Waals surface area contributed by atoms with Crippen molar-refractivity contribution >= 4 is 20.9 Å². The van der Waals surface area contributed by atoms with Gasteiger partial charge in [0, 0.05) is 7.05 Å². The molecule has 0 spiro atoms. The number of aromatic nitrogens is 3. The minimum atomic E-state index is -3.82. The highest BCUT2D eigenvalue weighted by Crippen LogP contribution is 2.12. The van der Waals surface area contributed by atoms with Crippen molar-refractivity contribution in [2.45, 2.75) is 4.90 Å². The van der Waals surface area contributed by atoms with Crippen LogP contribution in [0.4, 0.5) is 0 Å². The fraction of sp³-hybridized carbons (Fsp3) is 0.125. The first-order chi connectivity index (χ1) is 7.39. The van der Waals surface area contributed by atoms with Crippen molar-refractivity contribution in [2.24, 2.45) is 12.2 Å². The molecule has 0 atom stereocenters. The molecule has 8 heteroatoms. The Bertz CT molecular complexity index is 720. The predicted octanol–water partition coefficient (Wildman–Crippen LogP) is -1.02. The van der Waals surface area contributed by atoms with Gasteiger partial charge in [-0.2, -0.15) is 0 Å². The molecule has 1 aromatic heterocycles. The Balaban J connectivity index is 2.90. The molecule has 0 saturated carbocycles. The van der Waals surface area contributed by atoms with Gasteiger partial charge in [0.1, 0.15) is 5.52 Å². The lowest BCUT2D eigenvalue weighted by Crippen LogP contribution is -2.21. The number of hydrogen-bond donors (Lipinski definition) is 1. The van der Waals surface area contributed by atoms with Crippen molar-refractivity contribution in [3.05, 3.63) is 28.6 Å². The molecule has 0 aliphatic carbocycles. The summed E-state index contributed by atoms with van der Waals surface area (Å²) in [6.45, 7) is 0. The first-order valence-electron chi connectivity index (χ1n) is 4.26. The lowest BCUT2D eigenvalue weighted by molar-refractivity contribution is 0.598. The molecule has 1 heterocycles. The van der Waals surface area contributed by atoms with E-state index in [2.05, 4.69) is 10.3 Å². The highest BCUT2D eigenvalue weighted by Gasteiger charge is 2.11. The molecule has 2 rings (SSSR count). The van der Waals surface area contributed by atoms with E-state index in [4.69, 9.17) is 5.14 Å². The summed E-state index contributed by atoms with van der Waals surface area (Å²) >= 11 is 0. The number of nitrogens with two attached hydrogens (primary N) is 1. The number of fused-ring (bicyclic) bond motifs is 1. The normalized spacial score (nSPS) is 11.9. The summed E-state index contributed by atoms with van der Waals surface area (Å²) in [7, 11) is -2.39. The maximum Gasteiger partial charge on any atom is 0.277 e. The van der Waals surface area contributed by atoms with Gasteiger partial charge in [-0.3, -0.25) is 4.79 Å². The van der Waals surface area contributed by atoms with Gasteiger partial charge in [-0.1, -0.05) is 5.21 Å². The molecular weight excluding hydrogens is 232 g/mol.